The van der Waals surface area contributed by atoms with Crippen LogP contribution in [0.25, 0.3) is 0 Å². The first-order chi connectivity index (χ1) is 33.5. The third-order valence-electron chi connectivity index (χ3n) is 13.0. The molecular weight excluding hydrogens is 876 g/mol. The van der Waals surface area contributed by atoms with Gasteiger partial charge in [0.15, 0.2) is 0 Å². The lowest BCUT2D eigenvalue weighted by molar-refractivity contribution is -0.870. The van der Waals surface area contributed by atoms with Crippen LogP contribution in [0, 0.1) is 0 Å². The molecule has 0 fully saturated rings. The highest BCUT2D eigenvalue weighted by Gasteiger charge is 2.28. The van der Waals surface area contributed by atoms with E-state index >= 15 is 0 Å². The third-order valence-corrected chi connectivity index (χ3v) is 14.0. The van der Waals surface area contributed by atoms with E-state index in [1.165, 1.54) is 161 Å². The molecule has 0 saturated carbocycles. The summed E-state index contributed by atoms with van der Waals surface area (Å²) in [6.07, 6.45) is 68.4. The maximum absolute atomic E-state index is 13.0. The summed E-state index contributed by atoms with van der Waals surface area (Å²) in [5.74, 6) is -0.155. The van der Waals surface area contributed by atoms with Crippen LogP contribution in [0.2, 0.25) is 0 Å². The molecule has 0 radical (unpaired) electrons. The van der Waals surface area contributed by atoms with Crippen molar-refractivity contribution in [3.63, 3.8) is 0 Å². The van der Waals surface area contributed by atoms with Crippen LogP contribution in [-0.4, -0.2) is 73.4 Å². The molecule has 0 aromatic heterocycles. The van der Waals surface area contributed by atoms with Gasteiger partial charge in [0.25, 0.3) is 0 Å². The van der Waals surface area contributed by atoms with E-state index in [9.17, 15) is 19.4 Å². The van der Waals surface area contributed by atoms with Crippen molar-refractivity contribution in [1.29, 1.82) is 0 Å². The second-order valence-electron chi connectivity index (χ2n) is 21.0. The van der Waals surface area contributed by atoms with E-state index in [1.807, 2.05) is 21.1 Å². The number of nitrogens with zero attached hydrogens (tertiary/aromatic N) is 1. The van der Waals surface area contributed by atoms with Crippen LogP contribution in [0.4, 0.5) is 0 Å². The number of hydrogen-bond acceptors (Lipinski definition) is 5. The highest BCUT2D eigenvalue weighted by molar-refractivity contribution is 7.47. The number of rotatable bonds is 53. The van der Waals surface area contributed by atoms with Gasteiger partial charge in [0, 0.05) is 6.42 Å². The third kappa shape index (κ3) is 53.8. The second kappa shape index (κ2) is 51.1. The molecule has 8 nitrogen and oxygen atoms in total. The number of phosphoric ester groups is 1. The molecule has 0 bridgehead atoms. The fourth-order valence-corrected chi connectivity index (χ4v) is 9.22. The molecule has 1 amide bonds. The van der Waals surface area contributed by atoms with Gasteiger partial charge in [-0.05, 0) is 57.8 Å². The Labute approximate surface area is 428 Å². The van der Waals surface area contributed by atoms with Gasteiger partial charge in [0.05, 0.1) is 39.9 Å². The molecule has 0 aromatic carbocycles. The Kier molecular flexibility index (Phi) is 49.8. The Hall–Kier alpha value is -1.80. The van der Waals surface area contributed by atoms with Crippen molar-refractivity contribution < 1.29 is 32.9 Å². The first-order valence-electron chi connectivity index (χ1n) is 29.2. The van der Waals surface area contributed by atoms with E-state index in [4.69, 9.17) is 9.05 Å². The summed E-state index contributed by atoms with van der Waals surface area (Å²) in [6, 6.07) is -0.771. The number of allylic oxidation sites excluding steroid dienone is 10. The zero-order valence-corrected chi connectivity index (χ0v) is 46.9. The molecule has 3 atom stereocenters. The number of carbonyl (C=O) groups excluding carboxylic acids is 1. The summed E-state index contributed by atoms with van der Waals surface area (Å²) < 4.78 is 23.8. The molecule has 3 N–H and O–H groups in total. The molecule has 0 aliphatic heterocycles. The van der Waals surface area contributed by atoms with Gasteiger partial charge in [-0.15, -0.1) is 0 Å². The van der Waals surface area contributed by atoms with E-state index in [0.717, 1.165) is 77.0 Å². The molecule has 0 saturated heterocycles. The van der Waals surface area contributed by atoms with Crippen molar-refractivity contribution in [2.45, 2.75) is 276 Å². The Balaban J connectivity index is 4.20. The monoisotopic (exact) mass is 990 g/mol. The van der Waals surface area contributed by atoms with Crippen LogP contribution in [0.1, 0.15) is 264 Å². The van der Waals surface area contributed by atoms with E-state index in [0.29, 0.717) is 23.9 Å². The van der Waals surface area contributed by atoms with Gasteiger partial charge < -0.3 is 19.8 Å². The van der Waals surface area contributed by atoms with Crippen molar-refractivity contribution in [2.24, 2.45) is 0 Å². The fraction of sp³-hybridized carbons (Fsp3) is 0.817. The van der Waals surface area contributed by atoms with Crippen LogP contribution < -0.4 is 5.32 Å². The summed E-state index contributed by atoms with van der Waals surface area (Å²) >= 11 is 0. The van der Waals surface area contributed by atoms with E-state index in [2.05, 4.69) is 79.9 Å². The summed E-state index contributed by atoms with van der Waals surface area (Å²) in [4.78, 5) is 23.3. The maximum atomic E-state index is 13.0. The van der Waals surface area contributed by atoms with E-state index in [-0.39, 0.29) is 19.1 Å². The number of likely N-dealkylation sites (N-methyl/N-ethyl adjacent to an activating group) is 1. The molecule has 0 heterocycles. The van der Waals surface area contributed by atoms with Gasteiger partial charge in [-0.3, -0.25) is 13.8 Å². The molecular formula is C60H114N2O6P+. The second-order valence-corrected chi connectivity index (χ2v) is 22.4. The van der Waals surface area contributed by atoms with Gasteiger partial charge in [-0.1, -0.05) is 261 Å². The van der Waals surface area contributed by atoms with Crippen LogP contribution in [0.3, 0.4) is 0 Å². The van der Waals surface area contributed by atoms with Crippen molar-refractivity contribution in [2.75, 3.05) is 40.9 Å². The lowest BCUT2D eigenvalue weighted by Crippen LogP contribution is -2.46. The molecule has 0 aliphatic carbocycles. The highest BCUT2D eigenvalue weighted by Crippen LogP contribution is 2.43. The summed E-state index contributed by atoms with van der Waals surface area (Å²) in [5.41, 5.74) is 0. The van der Waals surface area contributed by atoms with Gasteiger partial charge in [-0.25, -0.2) is 4.57 Å². The number of hydrogen-bond donors (Lipinski definition) is 3. The van der Waals surface area contributed by atoms with Crippen LogP contribution >= 0.6 is 7.82 Å². The molecule has 0 aliphatic rings. The largest absolute Gasteiger partial charge is 0.472 e. The standard InChI is InChI=1S/C60H113N2O6P/c1-6-8-10-12-14-16-18-20-22-24-26-28-30-32-33-35-37-39-41-43-45-47-49-51-53-59(63)58(57-68-69(65,66)67-56-55-62(3,4)5)61-60(64)54-52-50-48-46-44-42-40-38-36-34-31-29-27-25-23-21-19-17-15-13-11-9-7-2/h9,11,15,17,21,23,27,29,34,36,58-59,63H,6-8,10,12-14,16,18-20,22,24-26,28,30-33,35,37-57H2,1-5H3,(H-,61,64,65,66)/p+1/b11-9-,17-15-,23-21-,29-27-,36-34-. The van der Waals surface area contributed by atoms with Gasteiger partial charge in [0.2, 0.25) is 5.91 Å². The molecule has 3 unspecified atom stereocenters. The summed E-state index contributed by atoms with van der Waals surface area (Å²) in [6.45, 7) is 4.79. The normalized spacial score (nSPS) is 14.4. The van der Waals surface area contributed by atoms with Crippen LogP contribution in [-0.2, 0) is 18.4 Å². The van der Waals surface area contributed by atoms with E-state index < -0.39 is 20.0 Å². The molecule has 0 aromatic rings. The summed E-state index contributed by atoms with van der Waals surface area (Å²) in [7, 11) is 1.61. The smallest absolute Gasteiger partial charge is 0.391 e. The number of amides is 1. The quantitative estimate of drug-likeness (QED) is 0.0243. The van der Waals surface area contributed by atoms with Crippen LogP contribution in [0.15, 0.2) is 60.8 Å². The minimum absolute atomic E-state index is 0.0701. The Bertz CT molecular complexity index is 1310. The molecule has 9 heteroatoms. The van der Waals surface area contributed by atoms with Gasteiger partial charge in [-0.2, -0.15) is 0 Å². The Morgan fingerprint density at radius 1 is 0.507 bits per heavy atom. The number of quaternary nitrogens is 1. The number of aliphatic hydroxyl groups is 1. The summed E-state index contributed by atoms with van der Waals surface area (Å²) in [5, 5.41) is 14.1. The van der Waals surface area contributed by atoms with Crippen molar-refractivity contribution in [1.82, 2.24) is 5.32 Å². The van der Waals surface area contributed by atoms with Gasteiger partial charge >= 0.3 is 7.82 Å². The first-order valence-corrected chi connectivity index (χ1v) is 30.6. The molecule has 404 valence electrons. The number of nitrogens with one attached hydrogen (secondary N) is 1. The number of carbonyl (C=O) groups is 1. The van der Waals surface area contributed by atoms with Gasteiger partial charge in [0.1, 0.15) is 13.2 Å². The average Bonchev–Trinajstić information content (AvgIpc) is 3.31. The zero-order valence-electron chi connectivity index (χ0n) is 46.0. The maximum Gasteiger partial charge on any atom is 0.472 e. The minimum atomic E-state index is -4.33. The highest BCUT2D eigenvalue weighted by atomic mass is 31.2. The lowest BCUT2D eigenvalue weighted by Gasteiger charge is -2.26. The van der Waals surface area contributed by atoms with Crippen LogP contribution in [0.5, 0.6) is 0 Å². The topological polar surface area (TPSA) is 105 Å². The number of aliphatic hydroxyl groups excluding tert-OH is 1. The van der Waals surface area contributed by atoms with Crippen molar-refractivity contribution in [3.05, 3.63) is 60.8 Å². The Morgan fingerprint density at radius 2 is 0.870 bits per heavy atom. The molecule has 69 heavy (non-hydrogen) atoms. The minimum Gasteiger partial charge on any atom is -0.391 e. The Morgan fingerprint density at radius 3 is 1.28 bits per heavy atom. The van der Waals surface area contributed by atoms with Crippen molar-refractivity contribution >= 4 is 13.7 Å². The SMILES string of the molecule is CC/C=C\C/C=C\C/C=C\C/C=C\C/C=C\CCCCCCCCCC(=O)NC(COP(=O)(O)OCC[N+](C)(C)C)C(O)CCCCCCCCCCCCCCCCCCCCCCCCCC. The fourth-order valence-electron chi connectivity index (χ4n) is 8.49. The predicted molar refractivity (Wildman–Crippen MR) is 300 cm³/mol. The molecule has 0 rings (SSSR count). The lowest BCUT2D eigenvalue weighted by atomic mass is 10.0. The first kappa shape index (κ1) is 67.2. The number of phosphoric acid groups is 1. The number of unbranched alkanes of at least 4 members (excludes halogenated alkanes) is 30. The van der Waals surface area contributed by atoms with E-state index in [1.54, 1.807) is 0 Å². The molecule has 0 spiro atoms. The predicted octanol–water partition coefficient (Wildman–Crippen LogP) is 17.7. The average molecular weight is 991 g/mol. The van der Waals surface area contributed by atoms with Crippen molar-refractivity contribution in [3.8, 4) is 0 Å². The zero-order chi connectivity index (χ0) is 50.6.